The Labute approximate surface area is 93.1 Å². The summed E-state index contributed by atoms with van der Waals surface area (Å²) in [4.78, 5) is 11.4. The Balaban J connectivity index is 2.36. The van der Waals surface area contributed by atoms with E-state index in [2.05, 4.69) is 0 Å². The van der Waals surface area contributed by atoms with Gasteiger partial charge in [-0.25, -0.2) is 4.79 Å². The van der Waals surface area contributed by atoms with Crippen LogP contribution in [-0.4, -0.2) is 22.2 Å². The molecular formula is C12H13NO3. The lowest BCUT2D eigenvalue weighted by Gasteiger charge is -2.12. The molecule has 2 rings (SSSR count). The van der Waals surface area contributed by atoms with Gasteiger partial charge in [0.2, 0.25) is 6.23 Å². The highest BCUT2D eigenvalue weighted by atomic mass is 16.5. The molecule has 0 spiro atoms. The molecule has 0 aliphatic carbocycles. The number of carbonyl (C=O) groups excluding carboxylic acids is 1. The molecule has 2 aromatic rings. The molecule has 4 nitrogen and oxygen atoms in total. The third-order valence-corrected chi connectivity index (χ3v) is 2.39. The molecule has 1 aromatic heterocycles. The van der Waals surface area contributed by atoms with Crippen molar-refractivity contribution in [2.45, 2.75) is 13.2 Å². The minimum absolute atomic E-state index is 0.259. The van der Waals surface area contributed by atoms with Crippen molar-refractivity contribution in [3.05, 3.63) is 36.5 Å². The first-order valence-corrected chi connectivity index (χ1v) is 5.14. The molecule has 0 saturated heterocycles. The van der Waals surface area contributed by atoms with Crippen molar-refractivity contribution in [1.29, 1.82) is 0 Å². The van der Waals surface area contributed by atoms with Crippen LogP contribution in [0.5, 0.6) is 0 Å². The van der Waals surface area contributed by atoms with Gasteiger partial charge < -0.3 is 14.4 Å². The lowest BCUT2D eigenvalue weighted by molar-refractivity contribution is -0.157. The first kappa shape index (κ1) is 10.7. The highest BCUT2D eigenvalue weighted by molar-refractivity contribution is 5.82. The predicted molar refractivity (Wildman–Crippen MR) is 59.8 cm³/mol. The van der Waals surface area contributed by atoms with Gasteiger partial charge in [0.25, 0.3) is 0 Å². The minimum atomic E-state index is -1.28. The molecule has 0 saturated carbocycles. The van der Waals surface area contributed by atoms with Gasteiger partial charge in [-0.05, 0) is 24.4 Å². The van der Waals surface area contributed by atoms with Crippen LogP contribution in [0.3, 0.4) is 0 Å². The van der Waals surface area contributed by atoms with E-state index in [4.69, 9.17) is 4.74 Å². The topological polar surface area (TPSA) is 51.5 Å². The summed E-state index contributed by atoms with van der Waals surface area (Å²) in [5.41, 5.74) is 0.808. The van der Waals surface area contributed by atoms with Gasteiger partial charge in [-0.1, -0.05) is 18.2 Å². The van der Waals surface area contributed by atoms with E-state index >= 15 is 0 Å². The van der Waals surface area contributed by atoms with Crippen LogP contribution in [0.25, 0.3) is 10.9 Å². The molecule has 1 N–H and O–H groups in total. The van der Waals surface area contributed by atoms with Crippen LogP contribution in [0.1, 0.15) is 13.2 Å². The summed E-state index contributed by atoms with van der Waals surface area (Å²) in [6, 6.07) is 9.37. The number of aliphatic hydroxyl groups is 1. The quantitative estimate of drug-likeness (QED) is 0.799. The van der Waals surface area contributed by atoms with E-state index in [9.17, 15) is 9.90 Å². The van der Waals surface area contributed by atoms with Gasteiger partial charge in [-0.3, -0.25) is 0 Å². The molecule has 0 aliphatic rings. The van der Waals surface area contributed by atoms with Crippen molar-refractivity contribution in [1.82, 2.24) is 4.57 Å². The monoisotopic (exact) mass is 219 g/mol. The summed E-state index contributed by atoms with van der Waals surface area (Å²) in [7, 11) is 0. The summed E-state index contributed by atoms with van der Waals surface area (Å²) in [5.74, 6) is -0.635. The van der Waals surface area contributed by atoms with E-state index in [0.29, 0.717) is 0 Å². The van der Waals surface area contributed by atoms with Crippen molar-refractivity contribution in [3.63, 3.8) is 0 Å². The number of nitrogens with zero attached hydrogens (tertiary/aromatic N) is 1. The van der Waals surface area contributed by atoms with Crippen molar-refractivity contribution >= 4 is 16.9 Å². The Bertz CT molecular complexity index is 504. The number of hydrogen-bond acceptors (Lipinski definition) is 3. The minimum Gasteiger partial charge on any atom is -0.463 e. The van der Waals surface area contributed by atoms with Crippen LogP contribution in [0.4, 0.5) is 0 Å². The Kier molecular flexibility index (Phi) is 2.92. The molecule has 0 fully saturated rings. The zero-order valence-electron chi connectivity index (χ0n) is 8.96. The van der Waals surface area contributed by atoms with Crippen molar-refractivity contribution < 1.29 is 14.6 Å². The molecule has 84 valence electrons. The smallest absolute Gasteiger partial charge is 0.356 e. The normalized spacial score (nSPS) is 12.6. The van der Waals surface area contributed by atoms with Crippen LogP contribution >= 0.6 is 0 Å². The number of para-hydroxylation sites is 1. The fraction of sp³-hybridized carbons (Fsp3) is 0.250. The second-order valence-corrected chi connectivity index (χ2v) is 3.41. The summed E-state index contributed by atoms with van der Waals surface area (Å²) in [6.07, 6.45) is 0.395. The second kappa shape index (κ2) is 4.37. The van der Waals surface area contributed by atoms with E-state index in [1.165, 1.54) is 4.57 Å². The number of aromatic nitrogens is 1. The van der Waals surface area contributed by atoms with E-state index in [1.54, 1.807) is 13.1 Å². The molecule has 0 amide bonds. The Morgan fingerprint density at radius 3 is 2.94 bits per heavy atom. The Hall–Kier alpha value is -1.81. The van der Waals surface area contributed by atoms with E-state index < -0.39 is 12.2 Å². The van der Waals surface area contributed by atoms with Crippen LogP contribution < -0.4 is 0 Å². The first-order valence-electron chi connectivity index (χ1n) is 5.14. The maximum atomic E-state index is 11.4. The number of aliphatic hydroxyl groups excluding tert-OH is 1. The van der Waals surface area contributed by atoms with E-state index in [-0.39, 0.29) is 6.61 Å². The van der Waals surface area contributed by atoms with E-state index in [1.807, 2.05) is 30.3 Å². The number of carbonyl (C=O) groups is 1. The standard InChI is InChI=1S/C12H13NO3/c1-2-16-12(15)11(14)13-8-7-9-5-3-4-6-10(9)13/h3-8,11,14H,2H2,1H3. The summed E-state index contributed by atoms with van der Waals surface area (Å²) in [6.45, 7) is 1.97. The van der Waals surface area contributed by atoms with Crippen LogP contribution in [-0.2, 0) is 9.53 Å². The zero-order valence-corrected chi connectivity index (χ0v) is 8.96. The van der Waals surface area contributed by atoms with Crippen molar-refractivity contribution in [2.24, 2.45) is 0 Å². The molecule has 0 radical (unpaired) electrons. The summed E-state index contributed by atoms with van der Waals surface area (Å²) in [5, 5.41) is 10.8. The van der Waals surface area contributed by atoms with Gasteiger partial charge in [-0.15, -0.1) is 0 Å². The number of ether oxygens (including phenoxy) is 1. The zero-order chi connectivity index (χ0) is 11.5. The number of esters is 1. The third kappa shape index (κ3) is 1.79. The maximum Gasteiger partial charge on any atom is 0.356 e. The molecular weight excluding hydrogens is 206 g/mol. The van der Waals surface area contributed by atoms with Crippen LogP contribution in [0.15, 0.2) is 36.5 Å². The second-order valence-electron chi connectivity index (χ2n) is 3.41. The average Bonchev–Trinajstić information content (AvgIpc) is 2.72. The Morgan fingerprint density at radius 1 is 1.44 bits per heavy atom. The molecule has 1 unspecified atom stereocenters. The lowest BCUT2D eigenvalue weighted by atomic mass is 10.2. The fourth-order valence-electron chi connectivity index (χ4n) is 1.65. The molecule has 1 heterocycles. The maximum absolute atomic E-state index is 11.4. The third-order valence-electron chi connectivity index (χ3n) is 2.39. The Morgan fingerprint density at radius 2 is 2.19 bits per heavy atom. The molecule has 4 heteroatoms. The highest BCUT2D eigenvalue weighted by Gasteiger charge is 2.19. The van der Waals surface area contributed by atoms with Crippen molar-refractivity contribution in [2.75, 3.05) is 6.61 Å². The van der Waals surface area contributed by atoms with Gasteiger partial charge in [0, 0.05) is 6.20 Å². The molecule has 0 bridgehead atoms. The van der Waals surface area contributed by atoms with Gasteiger partial charge in [0.1, 0.15) is 0 Å². The number of fused-ring (bicyclic) bond motifs is 1. The first-order chi connectivity index (χ1) is 7.74. The van der Waals surface area contributed by atoms with Crippen molar-refractivity contribution in [3.8, 4) is 0 Å². The van der Waals surface area contributed by atoms with Gasteiger partial charge >= 0.3 is 5.97 Å². The SMILES string of the molecule is CCOC(=O)C(O)n1ccc2ccccc21. The summed E-state index contributed by atoms with van der Waals surface area (Å²) >= 11 is 0. The number of hydrogen-bond donors (Lipinski definition) is 1. The van der Waals surface area contributed by atoms with Gasteiger partial charge in [0.05, 0.1) is 12.1 Å². The predicted octanol–water partition coefficient (Wildman–Crippen LogP) is 1.70. The molecule has 1 aromatic carbocycles. The summed E-state index contributed by atoms with van der Waals surface area (Å²) < 4.78 is 6.26. The number of benzene rings is 1. The largest absolute Gasteiger partial charge is 0.463 e. The lowest BCUT2D eigenvalue weighted by Crippen LogP contribution is -2.20. The van der Waals surface area contributed by atoms with Crippen LogP contribution in [0, 0.1) is 0 Å². The van der Waals surface area contributed by atoms with Gasteiger partial charge in [-0.2, -0.15) is 0 Å². The highest BCUT2D eigenvalue weighted by Crippen LogP contribution is 2.19. The van der Waals surface area contributed by atoms with Crippen LogP contribution in [0.2, 0.25) is 0 Å². The molecule has 0 aliphatic heterocycles. The fourth-order valence-corrected chi connectivity index (χ4v) is 1.65. The number of rotatable bonds is 3. The van der Waals surface area contributed by atoms with Gasteiger partial charge in [0.15, 0.2) is 0 Å². The van der Waals surface area contributed by atoms with E-state index in [0.717, 1.165) is 10.9 Å². The average molecular weight is 219 g/mol. The molecule has 16 heavy (non-hydrogen) atoms. The molecule has 1 atom stereocenters.